The van der Waals surface area contributed by atoms with E-state index in [0.717, 1.165) is 0 Å². The molecule has 4 nitrogen and oxygen atoms in total. The van der Waals surface area contributed by atoms with Gasteiger partial charge in [0.15, 0.2) is 0 Å². The van der Waals surface area contributed by atoms with Gasteiger partial charge in [-0.05, 0) is 18.2 Å². The van der Waals surface area contributed by atoms with Crippen LogP contribution in [0.2, 0.25) is 0 Å². The van der Waals surface area contributed by atoms with Crippen LogP contribution >= 0.6 is 11.8 Å². The number of hydrogen-bond acceptors (Lipinski definition) is 4. The van der Waals surface area contributed by atoms with Crippen LogP contribution in [0.25, 0.3) is 0 Å². The van der Waals surface area contributed by atoms with Crippen molar-refractivity contribution in [2.45, 2.75) is 12.4 Å². The first-order valence-electron chi connectivity index (χ1n) is 5.02. The molecule has 1 atom stereocenters. The third kappa shape index (κ3) is 2.78. The molecule has 0 aromatic heterocycles. The van der Waals surface area contributed by atoms with E-state index in [-0.39, 0.29) is 17.2 Å². The minimum atomic E-state index is -0.362. The maximum Gasteiger partial charge on any atom is 0.221 e. The highest BCUT2D eigenvalue weighted by molar-refractivity contribution is 8.03. The smallest absolute Gasteiger partial charge is 0.221 e. The predicted octanol–water partition coefficient (Wildman–Crippen LogP) is 1.56. The molecule has 0 aliphatic carbocycles. The molecule has 1 aromatic carbocycles. The van der Waals surface area contributed by atoms with Crippen LogP contribution in [0.3, 0.4) is 0 Å². The summed E-state index contributed by atoms with van der Waals surface area (Å²) in [4.78, 5) is 12.6. The van der Waals surface area contributed by atoms with Gasteiger partial charge in [0.25, 0.3) is 0 Å². The quantitative estimate of drug-likeness (QED) is 0.839. The van der Waals surface area contributed by atoms with Crippen LogP contribution in [0.1, 0.15) is 6.92 Å². The van der Waals surface area contributed by atoms with Crippen molar-refractivity contribution >= 4 is 23.4 Å². The molecule has 3 N–H and O–H groups in total. The molecule has 0 saturated heterocycles. The zero-order valence-corrected chi connectivity index (χ0v) is 10.00. The highest BCUT2D eigenvalue weighted by Gasteiger charge is 2.23. The molecule has 2 rings (SSSR count). The average Bonchev–Trinajstić information content (AvgIpc) is 2.58. The fourth-order valence-corrected chi connectivity index (χ4v) is 2.44. The Hall–Kier alpha value is -1.53. The number of benzene rings is 1. The number of thioether (sulfide) groups is 1. The maximum atomic E-state index is 13.1. The predicted molar refractivity (Wildman–Crippen MR) is 66.3 cm³/mol. The Balaban J connectivity index is 2.21. The zero-order chi connectivity index (χ0) is 12.4. The topological polar surface area (TPSA) is 58.4 Å². The van der Waals surface area contributed by atoms with Gasteiger partial charge in [-0.25, -0.2) is 4.39 Å². The monoisotopic (exact) mass is 253 g/mol. The normalized spacial score (nSPS) is 19.1. The van der Waals surface area contributed by atoms with Crippen LogP contribution in [0.4, 0.5) is 10.1 Å². The van der Waals surface area contributed by atoms with Gasteiger partial charge in [-0.2, -0.15) is 0 Å². The molecule has 90 valence electrons. The second kappa shape index (κ2) is 4.77. The first kappa shape index (κ1) is 11.9. The number of rotatable bonds is 2. The van der Waals surface area contributed by atoms with Gasteiger partial charge >= 0.3 is 0 Å². The molecular weight excluding hydrogens is 241 g/mol. The molecule has 1 aliphatic heterocycles. The van der Waals surface area contributed by atoms with E-state index < -0.39 is 0 Å². The molecule has 1 amide bonds. The van der Waals surface area contributed by atoms with Crippen molar-refractivity contribution < 1.29 is 9.18 Å². The molecule has 1 aromatic rings. The number of carbonyl (C=O) groups excluding carboxylic acids is 1. The molecule has 6 heteroatoms. The number of nitrogens with one attached hydrogen (secondary N) is 1. The lowest BCUT2D eigenvalue weighted by Crippen LogP contribution is -2.32. The van der Waals surface area contributed by atoms with Gasteiger partial charge in [-0.15, -0.1) is 0 Å². The standard InChI is InChI=1S/C11H12FN3OS/c1-7(16)14-10-6-15(11(13)17-10)9-4-2-3-8(12)5-9/h2-6,11H,13H2,1H3,(H,14,16). The highest BCUT2D eigenvalue weighted by atomic mass is 32.2. The Bertz CT molecular complexity index is 478. The van der Waals surface area contributed by atoms with Crippen LogP contribution in [-0.4, -0.2) is 11.4 Å². The van der Waals surface area contributed by atoms with E-state index in [1.165, 1.54) is 30.8 Å². The molecular formula is C11H12FN3OS. The molecule has 1 aliphatic rings. The molecule has 17 heavy (non-hydrogen) atoms. The second-order valence-electron chi connectivity index (χ2n) is 3.57. The third-order valence-corrected chi connectivity index (χ3v) is 3.11. The van der Waals surface area contributed by atoms with Crippen LogP contribution in [0.15, 0.2) is 35.5 Å². The van der Waals surface area contributed by atoms with Crippen molar-refractivity contribution in [2.24, 2.45) is 5.73 Å². The van der Waals surface area contributed by atoms with Crippen LogP contribution < -0.4 is 16.0 Å². The first-order chi connectivity index (χ1) is 8.06. The van der Waals surface area contributed by atoms with Crippen molar-refractivity contribution in [3.63, 3.8) is 0 Å². The van der Waals surface area contributed by atoms with E-state index >= 15 is 0 Å². The van der Waals surface area contributed by atoms with Gasteiger partial charge in [0.2, 0.25) is 5.91 Å². The van der Waals surface area contributed by atoms with Gasteiger partial charge in [0.05, 0.1) is 5.03 Å². The SMILES string of the molecule is CC(=O)NC1=CN(c2cccc(F)c2)C(N)S1. The lowest BCUT2D eigenvalue weighted by Gasteiger charge is -2.20. The molecule has 0 bridgehead atoms. The molecule has 0 fully saturated rings. The number of amides is 1. The van der Waals surface area contributed by atoms with E-state index in [4.69, 9.17) is 5.73 Å². The molecule has 1 unspecified atom stereocenters. The fourth-order valence-electron chi connectivity index (χ4n) is 1.51. The minimum absolute atomic E-state index is 0.156. The fraction of sp³-hybridized carbons (Fsp3) is 0.182. The van der Waals surface area contributed by atoms with Crippen LogP contribution in [0.5, 0.6) is 0 Å². The lowest BCUT2D eigenvalue weighted by molar-refractivity contribution is -0.118. The summed E-state index contributed by atoms with van der Waals surface area (Å²) in [5.74, 6) is -0.474. The van der Waals surface area contributed by atoms with Crippen LogP contribution in [0, 0.1) is 5.82 Å². The first-order valence-corrected chi connectivity index (χ1v) is 5.90. The number of hydrogen-bond donors (Lipinski definition) is 2. The number of carbonyl (C=O) groups is 1. The summed E-state index contributed by atoms with van der Waals surface area (Å²) in [6.07, 6.45) is 1.70. The Morgan fingerprint density at radius 3 is 3.00 bits per heavy atom. The van der Waals surface area contributed by atoms with E-state index in [9.17, 15) is 9.18 Å². The highest BCUT2D eigenvalue weighted by Crippen LogP contribution is 2.32. The summed E-state index contributed by atoms with van der Waals surface area (Å²) in [5.41, 5.74) is 6.19. The van der Waals surface area contributed by atoms with Crippen molar-refractivity contribution in [1.29, 1.82) is 0 Å². The Morgan fingerprint density at radius 1 is 1.59 bits per heavy atom. The van der Waals surface area contributed by atoms with Gasteiger partial charge in [-0.1, -0.05) is 17.8 Å². The molecule has 1 heterocycles. The van der Waals surface area contributed by atoms with E-state index in [1.807, 2.05) is 0 Å². The minimum Gasteiger partial charge on any atom is -0.320 e. The third-order valence-electron chi connectivity index (χ3n) is 2.18. The molecule has 0 spiro atoms. The van der Waals surface area contributed by atoms with Crippen molar-refractivity contribution in [3.8, 4) is 0 Å². The summed E-state index contributed by atoms with van der Waals surface area (Å²) >= 11 is 1.31. The second-order valence-corrected chi connectivity index (χ2v) is 4.73. The van der Waals surface area contributed by atoms with E-state index in [0.29, 0.717) is 10.7 Å². The number of nitrogens with zero attached hydrogens (tertiary/aromatic N) is 1. The molecule has 0 radical (unpaired) electrons. The van der Waals surface area contributed by atoms with E-state index in [2.05, 4.69) is 5.32 Å². The largest absolute Gasteiger partial charge is 0.320 e. The Morgan fingerprint density at radius 2 is 2.35 bits per heavy atom. The van der Waals surface area contributed by atoms with Crippen LogP contribution in [-0.2, 0) is 4.79 Å². The van der Waals surface area contributed by atoms with Gasteiger partial charge in [-0.3, -0.25) is 4.79 Å². The number of anilines is 1. The summed E-state index contributed by atoms with van der Waals surface area (Å²) in [6.45, 7) is 1.43. The number of halogens is 1. The summed E-state index contributed by atoms with van der Waals surface area (Å²) in [7, 11) is 0. The maximum absolute atomic E-state index is 13.1. The van der Waals surface area contributed by atoms with E-state index in [1.54, 1.807) is 23.2 Å². The Kier molecular flexibility index (Phi) is 3.35. The van der Waals surface area contributed by atoms with Crippen molar-refractivity contribution in [2.75, 3.05) is 4.90 Å². The lowest BCUT2D eigenvalue weighted by atomic mass is 10.3. The number of nitrogens with two attached hydrogens (primary N) is 1. The average molecular weight is 253 g/mol. The zero-order valence-electron chi connectivity index (χ0n) is 9.18. The van der Waals surface area contributed by atoms with Gasteiger partial charge < -0.3 is 16.0 Å². The van der Waals surface area contributed by atoms with Gasteiger partial charge in [0.1, 0.15) is 11.3 Å². The summed E-state index contributed by atoms with van der Waals surface area (Å²) in [5, 5.41) is 3.32. The Labute approximate surface area is 103 Å². The molecule has 0 saturated carbocycles. The summed E-state index contributed by atoms with van der Waals surface area (Å²) < 4.78 is 13.1. The van der Waals surface area contributed by atoms with Crippen molar-refractivity contribution in [1.82, 2.24) is 5.32 Å². The summed E-state index contributed by atoms with van der Waals surface area (Å²) in [6, 6.07) is 6.15. The van der Waals surface area contributed by atoms with Gasteiger partial charge in [0, 0.05) is 18.8 Å². The van der Waals surface area contributed by atoms with Crippen molar-refractivity contribution in [3.05, 3.63) is 41.3 Å².